The van der Waals surface area contributed by atoms with E-state index >= 15 is 0 Å². The van der Waals surface area contributed by atoms with Gasteiger partial charge in [0.15, 0.2) is 0 Å². The predicted molar refractivity (Wildman–Crippen MR) is 107 cm³/mol. The first kappa shape index (κ1) is 18.6. The van der Waals surface area contributed by atoms with Crippen molar-refractivity contribution < 1.29 is 9.53 Å². The largest absolute Gasteiger partial charge is 0.369 e. The quantitative estimate of drug-likeness (QED) is 0.686. The molecule has 1 unspecified atom stereocenters. The van der Waals surface area contributed by atoms with E-state index in [0.29, 0.717) is 19.6 Å². The first-order chi connectivity index (χ1) is 13.7. The minimum Gasteiger partial charge on any atom is -0.369 e. The second-order valence-electron chi connectivity index (χ2n) is 7.12. The smallest absolute Gasteiger partial charge is 0.216 e. The average Bonchev–Trinajstić information content (AvgIpc) is 3.18. The molecule has 0 radical (unpaired) electrons. The maximum atomic E-state index is 11.0. The van der Waals surface area contributed by atoms with Gasteiger partial charge >= 0.3 is 0 Å². The molecule has 1 aromatic carbocycles. The van der Waals surface area contributed by atoms with E-state index in [2.05, 4.69) is 44.5 Å². The Morgan fingerprint density at radius 3 is 3.18 bits per heavy atom. The fourth-order valence-electron chi connectivity index (χ4n) is 3.62. The van der Waals surface area contributed by atoms with Crippen LogP contribution >= 0.6 is 0 Å². The second kappa shape index (κ2) is 8.50. The molecule has 1 aliphatic rings. The Bertz CT molecular complexity index is 955. The molecular weight excluding hydrogens is 354 g/mol. The van der Waals surface area contributed by atoms with Crippen molar-refractivity contribution in [2.45, 2.75) is 26.0 Å². The maximum Gasteiger partial charge on any atom is 0.216 e. The minimum atomic E-state index is -0.0904. The number of aromatic amines is 1. The van der Waals surface area contributed by atoms with E-state index in [1.54, 1.807) is 12.4 Å². The summed E-state index contributed by atoms with van der Waals surface area (Å²) in [4.78, 5) is 25.7. The molecule has 1 aliphatic heterocycles. The predicted octanol–water partition coefficient (Wildman–Crippen LogP) is 2.21. The number of carbonyl (C=O) groups is 1. The van der Waals surface area contributed by atoms with E-state index in [4.69, 9.17) is 9.72 Å². The number of ether oxygens (including phenoxy) is 1. The molecule has 0 bridgehead atoms. The average molecular weight is 379 g/mol. The number of carbonyl (C=O) groups excluding carboxylic acids is 1. The van der Waals surface area contributed by atoms with Gasteiger partial charge in [0.1, 0.15) is 6.10 Å². The van der Waals surface area contributed by atoms with Crippen LogP contribution in [-0.2, 0) is 22.5 Å². The van der Waals surface area contributed by atoms with Gasteiger partial charge in [-0.15, -0.1) is 0 Å². The number of hydrogen-bond acceptors (Lipinski definition) is 5. The van der Waals surface area contributed by atoms with Crippen molar-refractivity contribution in [2.24, 2.45) is 0 Å². The summed E-state index contributed by atoms with van der Waals surface area (Å²) < 4.78 is 5.98. The molecule has 1 saturated heterocycles. The van der Waals surface area contributed by atoms with E-state index in [1.165, 1.54) is 23.4 Å². The second-order valence-corrected chi connectivity index (χ2v) is 7.12. The highest BCUT2D eigenvalue weighted by Crippen LogP contribution is 2.24. The standard InChI is InChI=1S/C21H25N5O2/c1-15(27)23-7-5-17-11-22-12-20(25-17)21-14-26(9-10-28-21)13-16-3-2-4-19-18(16)6-8-24-19/h2-4,6,8,11-12,21,24H,5,7,9-10,13-14H2,1H3,(H,23,27). The fourth-order valence-corrected chi connectivity index (χ4v) is 3.62. The van der Waals surface area contributed by atoms with Gasteiger partial charge < -0.3 is 15.0 Å². The van der Waals surface area contributed by atoms with Crippen molar-refractivity contribution in [1.82, 2.24) is 25.2 Å². The lowest BCUT2D eigenvalue weighted by Crippen LogP contribution is -2.38. The molecule has 1 atom stereocenters. The molecule has 7 nitrogen and oxygen atoms in total. The van der Waals surface area contributed by atoms with Gasteiger partial charge in [-0.2, -0.15) is 0 Å². The summed E-state index contributed by atoms with van der Waals surface area (Å²) >= 11 is 0. The molecule has 4 rings (SSSR count). The van der Waals surface area contributed by atoms with Gasteiger partial charge in [-0.3, -0.25) is 19.7 Å². The van der Waals surface area contributed by atoms with Crippen molar-refractivity contribution in [2.75, 3.05) is 26.2 Å². The molecule has 1 amide bonds. The third kappa shape index (κ3) is 4.37. The summed E-state index contributed by atoms with van der Waals surface area (Å²) in [5.74, 6) is -0.0344. The lowest BCUT2D eigenvalue weighted by Gasteiger charge is -2.32. The molecular formula is C21H25N5O2. The summed E-state index contributed by atoms with van der Waals surface area (Å²) in [6.45, 7) is 5.31. The number of nitrogens with one attached hydrogen (secondary N) is 2. The zero-order valence-electron chi connectivity index (χ0n) is 16.0. The van der Waals surface area contributed by atoms with E-state index in [-0.39, 0.29) is 12.0 Å². The third-order valence-electron chi connectivity index (χ3n) is 5.02. The van der Waals surface area contributed by atoms with E-state index in [1.807, 2.05) is 6.20 Å². The Balaban J connectivity index is 1.42. The molecule has 0 spiro atoms. The van der Waals surface area contributed by atoms with E-state index in [9.17, 15) is 4.79 Å². The molecule has 0 aliphatic carbocycles. The topological polar surface area (TPSA) is 83.1 Å². The van der Waals surface area contributed by atoms with Crippen molar-refractivity contribution in [3.05, 3.63) is 59.8 Å². The van der Waals surface area contributed by atoms with Crippen molar-refractivity contribution in [1.29, 1.82) is 0 Å². The molecule has 146 valence electrons. The number of nitrogens with zero attached hydrogens (tertiary/aromatic N) is 3. The van der Waals surface area contributed by atoms with Gasteiger partial charge in [-0.1, -0.05) is 12.1 Å². The molecule has 0 saturated carbocycles. The zero-order chi connectivity index (χ0) is 19.3. The fraction of sp³-hybridized carbons (Fsp3) is 0.381. The number of amides is 1. The van der Waals surface area contributed by atoms with Gasteiger partial charge in [-0.25, -0.2) is 0 Å². The van der Waals surface area contributed by atoms with Crippen LogP contribution in [0.15, 0.2) is 42.9 Å². The van der Waals surface area contributed by atoms with Gasteiger partial charge in [-0.05, 0) is 17.7 Å². The van der Waals surface area contributed by atoms with Crippen LogP contribution in [0.5, 0.6) is 0 Å². The van der Waals surface area contributed by atoms with Gasteiger partial charge in [0, 0.05) is 62.8 Å². The SMILES string of the molecule is CC(=O)NCCc1cncc(C2CN(Cc3cccc4[nH]ccc34)CCO2)n1. The van der Waals surface area contributed by atoms with Crippen molar-refractivity contribution in [3.8, 4) is 0 Å². The van der Waals surface area contributed by atoms with Crippen LogP contribution in [0, 0.1) is 0 Å². The van der Waals surface area contributed by atoms with Crippen LogP contribution in [0.2, 0.25) is 0 Å². The number of rotatable bonds is 6. The number of H-pyrrole nitrogens is 1. The van der Waals surface area contributed by atoms with Crippen molar-refractivity contribution in [3.63, 3.8) is 0 Å². The highest BCUT2D eigenvalue weighted by Gasteiger charge is 2.24. The van der Waals surface area contributed by atoms with Crippen LogP contribution in [-0.4, -0.2) is 52.0 Å². The molecule has 3 aromatic rings. The van der Waals surface area contributed by atoms with Crippen LogP contribution in [0.3, 0.4) is 0 Å². The Kier molecular flexibility index (Phi) is 5.64. The first-order valence-corrected chi connectivity index (χ1v) is 9.63. The van der Waals surface area contributed by atoms with E-state index < -0.39 is 0 Å². The summed E-state index contributed by atoms with van der Waals surface area (Å²) in [5.41, 5.74) is 4.20. The number of morpholine rings is 1. The van der Waals surface area contributed by atoms with Crippen molar-refractivity contribution >= 4 is 16.8 Å². The lowest BCUT2D eigenvalue weighted by molar-refractivity contribution is -0.118. The molecule has 2 aromatic heterocycles. The summed E-state index contributed by atoms with van der Waals surface area (Å²) in [5, 5.41) is 4.06. The molecule has 28 heavy (non-hydrogen) atoms. The van der Waals surface area contributed by atoms with Crippen LogP contribution in [0.4, 0.5) is 0 Å². The van der Waals surface area contributed by atoms with E-state index in [0.717, 1.165) is 31.0 Å². The van der Waals surface area contributed by atoms with Gasteiger partial charge in [0.05, 0.1) is 24.2 Å². The summed E-state index contributed by atoms with van der Waals surface area (Å²) in [6, 6.07) is 8.51. The Labute approximate surface area is 164 Å². The summed E-state index contributed by atoms with van der Waals surface area (Å²) in [6.07, 6.45) is 6.08. The first-order valence-electron chi connectivity index (χ1n) is 9.63. The lowest BCUT2D eigenvalue weighted by atomic mass is 10.1. The van der Waals surface area contributed by atoms with Gasteiger partial charge in [0.25, 0.3) is 0 Å². The Morgan fingerprint density at radius 1 is 1.36 bits per heavy atom. The third-order valence-corrected chi connectivity index (χ3v) is 5.02. The maximum absolute atomic E-state index is 11.0. The van der Waals surface area contributed by atoms with Crippen LogP contribution in [0.1, 0.15) is 30.0 Å². The Morgan fingerprint density at radius 2 is 2.29 bits per heavy atom. The minimum absolute atomic E-state index is 0.0344. The number of fused-ring (bicyclic) bond motifs is 1. The van der Waals surface area contributed by atoms with Gasteiger partial charge in [0.2, 0.25) is 5.91 Å². The molecule has 3 heterocycles. The highest BCUT2D eigenvalue weighted by atomic mass is 16.5. The van der Waals surface area contributed by atoms with Crippen LogP contribution < -0.4 is 5.32 Å². The normalized spacial score (nSPS) is 17.7. The molecule has 1 fully saturated rings. The molecule has 2 N–H and O–H groups in total. The number of hydrogen-bond donors (Lipinski definition) is 2. The zero-order valence-corrected chi connectivity index (χ0v) is 16.0. The highest BCUT2D eigenvalue weighted by molar-refractivity contribution is 5.82. The number of benzene rings is 1. The molecule has 7 heteroatoms. The Hall–Kier alpha value is -2.77. The monoisotopic (exact) mass is 379 g/mol. The number of aromatic nitrogens is 3. The summed E-state index contributed by atoms with van der Waals surface area (Å²) in [7, 11) is 0. The van der Waals surface area contributed by atoms with Crippen LogP contribution in [0.25, 0.3) is 10.9 Å².